The minimum absolute atomic E-state index is 0.377. The van der Waals surface area contributed by atoms with Crippen molar-refractivity contribution in [3.8, 4) is 0 Å². The number of sulfone groups is 1. The van der Waals surface area contributed by atoms with Gasteiger partial charge in [0.15, 0.2) is 9.84 Å². The second kappa shape index (κ2) is 5.74. The largest absolute Gasteiger partial charge is 0.311 e. The van der Waals surface area contributed by atoms with Gasteiger partial charge >= 0.3 is 0 Å². The molecule has 0 fully saturated rings. The first-order valence-electron chi connectivity index (χ1n) is 6.60. The number of carbonyl (C=O) groups is 1. The van der Waals surface area contributed by atoms with Crippen LogP contribution in [0.1, 0.15) is 25.3 Å². The van der Waals surface area contributed by atoms with Crippen LogP contribution < -0.4 is 4.90 Å². The van der Waals surface area contributed by atoms with Gasteiger partial charge in [-0.25, -0.2) is 8.42 Å². The Labute approximate surface area is 124 Å². The third kappa shape index (κ3) is 2.99. The SMILES string of the molecule is C[C@H](C(=O)N1CCCCc2c(Cl)cccc21)S(C)(=O)=O. The lowest BCUT2D eigenvalue weighted by Gasteiger charge is -2.25. The van der Waals surface area contributed by atoms with Crippen molar-refractivity contribution in [3.63, 3.8) is 0 Å². The molecule has 0 unspecified atom stereocenters. The lowest BCUT2D eigenvalue weighted by atomic mass is 10.1. The van der Waals surface area contributed by atoms with Crippen LogP contribution in [0.25, 0.3) is 0 Å². The van der Waals surface area contributed by atoms with Crippen LogP contribution in [-0.2, 0) is 21.1 Å². The molecule has 1 aliphatic rings. The van der Waals surface area contributed by atoms with Gasteiger partial charge in [-0.05, 0) is 43.9 Å². The molecule has 0 saturated heterocycles. The van der Waals surface area contributed by atoms with E-state index in [4.69, 9.17) is 11.6 Å². The summed E-state index contributed by atoms with van der Waals surface area (Å²) in [6.07, 6.45) is 3.68. The van der Waals surface area contributed by atoms with E-state index in [9.17, 15) is 13.2 Å². The van der Waals surface area contributed by atoms with Gasteiger partial charge in [0.05, 0.1) is 0 Å². The molecule has 1 aromatic carbocycles. The van der Waals surface area contributed by atoms with Gasteiger partial charge in [-0.15, -0.1) is 0 Å². The minimum atomic E-state index is -3.40. The molecule has 110 valence electrons. The molecular weight excluding hydrogens is 298 g/mol. The molecule has 0 saturated carbocycles. The molecule has 1 aliphatic heterocycles. The molecule has 0 N–H and O–H groups in total. The van der Waals surface area contributed by atoms with E-state index in [0.717, 1.165) is 36.8 Å². The zero-order valence-corrected chi connectivity index (χ0v) is 13.2. The molecular formula is C14H18ClNO3S. The Morgan fingerprint density at radius 1 is 1.35 bits per heavy atom. The third-order valence-corrected chi connectivity index (χ3v) is 5.54. The number of halogens is 1. The van der Waals surface area contributed by atoms with Gasteiger partial charge in [0.2, 0.25) is 5.91 Å². The molecule has 0 aliphatic carbocycles. The number of hydrogen-bond acceptors (Lipinski definition) is 3. The summed E-state index contributed by atoms with van der Waals surface area (Å²) in [4.78, 5) is 14.0. The number of anilines is 1. The van der Waals surface area contributed by atoms with Crippen LogP contribution in [0, 0.1) is 0 Å². The fourth-order valence-corrected chi connectivity index (χ4v) is 3.13. The lowest BCUT2D eigenvalue weighted by Crippen LogP contribution is -2.41. The molecule has 1 amide bonds. The Hall–Kier alpha value is -1.07. The van der Waals surface area contributed by atoms with Crippen molar-refractivity contribution in [3.05, 3.63) is 28.8 Å². The summed E-state index contributed by atoms with van der Waals surface area (Å²) < 4.78 is 23.2. The van der Waals surface area contributed by atoms with Crippen molar-refractivity contribution in [2.24, 2.45) is 0 Å². The molecule has 6 heteroatoms. The van der Waals surface area contributed by atoms with E-state index in [-0.39, 0.29) is 5.91 Å². The highest BCUT2D eigenvalue weighted by atomic mass is 35.5. The Balaban J connectivity index is 2.43. The number of carbonyl (C=O) groups excluding carboxylic acids is 1. The molecule has 1 aromatic rings. The third-order valence-electron chi connectivity index (χ3n) is 3.70. The summed E-state index contributed by atoms with van der Waals surface area (Å²) in [6.45, 7) is 1.97. The highest BCUT2D eigenvalue weighted by Gasteiger charge is 2.31. The molecule has 0 bridgehead atoms. The normalized spacial score (nSPS) is 17.2. The number of rotatable bonds is 2. The fourth-order valence-electron chi connectivity index (χ4n) is 2.37. The summed E-state index contributed by atoms with van der Waals surface area (Å²) in [5.41, 5.74) is 1.68. The van der Waals surface area contributed by atoms with Crippen LogP contribution in [0.2, 0.25) is 5.02 Å². The maximum absolute atomic E-state index is 12.5. The van der Waals surface area contributed by atoms with Crippen LogP contribution in [0.3, 0.4) is 0 Å². The summed E-state index contributed by atoms with van der Waals surface area (Å²) in [6, 6.07) is 5.42. The van der Waals surface area contributed by atoms with Gasteiger partial charge in [-0.2, -0.15) is 0 Å². The Bertz CT molecular complexity index is 627. The van der Waals surface area contributed by atoms with E-state index < -0.39 is 15.1 Å². The second-order valence-corrected chi connectivity index (χ2v) is 7.93. The average molecular weight is 316 g/mol. The number of nitrogens with zero attached hydrogens (tertiary/aromatic N) is 1. The van der Waals surface area contributed by atoms with Crippen molar-refractivity contribution < 1.29 is 13.2 Å². The van der Waals surface area contributed by atoms with Crippen molar-refractivity contribution in [1.82, 2.24) is 0 Å². The summed E-state index contributed by atoms with van der Waals surface area (Å²) in [5, 5.41) is -0.401. The maximum Gasteiger partial charge on any atom is 0.245 e. The number of hydrogen-bond donors (Lipinski definition) is 0. The van der Waals surface area contributed by atoms with Crippen molar-refractivity contribution in [1.29, 1.82) is 0 Å². The van der Waals surface area contributed by atoms with Crippen molar-refractivity contribution in [2.75, 3.05) is 17.7 Å². The van der Waals surface area contributed by atoms with E-state index in [0.29, 0.717) is 11.6 Å². The molecule has 0 spiro atoms. The quantitative estimate of drug-likeness (QED) is 0.842. The minimum Gasteiger partial charge on any atom is -0.311 e. The molecule has 1 heterocycles. The van der Waals surface area contributed by atoms with E-state index in [1.807, 2.05) is 6.07 Å². The van der Waals surface area contributed by atoms with Gasteiger partial charge in [0.25, 0.3) is 0 Å². The Kier molecular flexibility index (Phi) is 4.39. The van der Waals surface area contributed by atoms with Crippen LogP contribution >= 0.6 is 11.6 Å². The van der Waals surface area contributed by atoms with E-state index in [1.165, 1.54) is 6.92 Å². The van der Waals surface area contributed by atoms with E-state index >= 15 is 0 Å². The van der Waals surface area contributed by atoms with Gasteiger partial charge in [-0.1, -0.05) is 17.7 Å². The maximum atomic E-state index is 12.5. The van der Waals surface area contributed by atoms with Crippen LogP contribution in [0.15, 0.2) is 18.2 Å². The van der Waals surface area contributed by atoms with Gasteiger partial charge in [-0.3, -0.25) is 4.79 Å². The molecule has 4 nitrogen and oxygen atoms in total. The zero-order chi connectivity index (χ0) is 14.9. The van der Waals surface area contributed by atoms with Crippen molar-refractivity contribution in [2.45, 2.75) is 31.4 Å². The molecule has 1 atom stereocenters. The number of benzene rings is 1. The zero-order valence-electron chi connectivity index (χ0n) is 11.6. The standard InChI is InChI=1S/C14H18ClNO3S/c1-10(20(2,18)19)14(17)16-9-4-3-6-11-12(15)7-5-8-13(11)16/h5,7-8,10H,3-4,6,9H2,1-2H3/t10-/m1/s1. The summed E-state index contributed by atoms with van der Waals surface area (Å²) in [5.74, 6) is -0.377. The van der Waals surface area contributed by atoms with Crippen LogP contribution in [0.5, 0.6) is 0 Å². The predicted molar refractivity (Wildman–Crippen MR) is 81.0 cm³/mol. The Morgan fingerprint density at radius 3 is 2.70 bits per heavy atom. The van der Waals surface area contributed by atoms with Crippen LogP contribution in [0.4, 0.5) is 5.69 Å². The molecule has 0 aromatic heterocycles. The molecule has 20 heavy (non-hydrogen) atoms. The first-order chi connectivity index (χ1) is 9.32. The van der Waals surface area contributed by atoms with Crippen LogP contribution in [-0.4, -0.2) is 32.4 Å². The second-order valence-electron chi connectivity index (χ2n) is 5.16. The average Bonchev–Trinajstić information content (AvgIpc) is 2.59. The number of fused-ring (bicyclic) bond motifs is 1. The first-order valence-corrected chi connectivity index (χ1v) is 8.93. The van der Waals surface area contributed by atoms with Crippen molar-refractivity contribution >= 4 is 33.0 Å². The summed E-state index contributed by atoms with van der Waals surface area (Å²) >= 11 is 6.20. The first kappa shape index (κ1) is 15.3. The smallest absolute Gasteiger partial charge is 0.245 e. The Morgan fingerprint density at radius 2 is 2.05 bits per heavy atom. The fraction of sp³-hybridized carbons (Fsp3) is 0.500. The highest BCUT2D eigenvalue weighted by molar-refractivity contribution is 7.92. The number of amides is 1. The highest BCUT2D eigenvalue weighted by Crippen LogP contribution is 2.32. The molecule has 0 radical (unpaired) electrons. The summed E-state index contributed by atoms with van der Waals surface area (Å²) in [7, 11) is -3.40. The van der Waals surface area contributed by atoms with E-state index in [2.05, 4.69) is 0 Å². The van der Waals surface area contributed by atoms with E-state index in [1.54, 1.807) is 17.0 Å². The predicted octanol–water partition coefficient (Wildman–Crippen LogP) is 2.44. The molecule has 2 rings (SSSR count). The lowest BCUT2D eigenvalue weighted by molar-refractivity contribution is -0.118. The van der Waals surface area contributed by atoms with Gasteiger partial charge < -0.3 is 4.90 Å². The van der Waals surface area contributed by atoms with Gasteiger partial charge in [0.1, 0.15) is 5.25 Å². The van der Waals surface area contributed by atoms with Gasteiger partial charge in [0, 0.05) is 23.5 Å². The topological polar surface area (TPSA) is 54.5 Å². The monoisotopic (exact) mass is 315 g/mol.